The predicted molar refractivity (Wildman–Crippen MR) is 88.0 cm³/mol. The highest BCUT2D eigenvalue weighted by Crippen LogP contribution is 2.48. The predicted octanol–water partition coefficient (Wildman–Crippen LogP) is 3.23. The van der Waals surface area contributed by atoms with Gasteiger partial charge in [0.2, 0.25) is 6.04 Å². The van der Waals surface area contributed by atoms with E-state index in [-0.39, 0.29) is 10.8 Å². The minimum absolute atomic E-state index is 0.178. The molecule has 0 aromatic carbocycles. The molecule has 23 heavy (non-hydrogen) atoms. The summed E-state index contributed by atoms with van der Waals surface area (Å²) in [6, 6.07) is -0.0340. The molecular formula is C17H30N2O4. The molecule has 2 N–H and O–H groups in total. The summed E-state index contributed by atoms with van der Waals surface area (Å²) in [7, 11) is 0. The maximum absolute atomic E-state index is 12.0. The van der Waals surface area contributed by atoms with Crippen LogP contribution in [0.15, 0.2) is 0 Å². The van der Waals surface area contributed by atoms with Gasteiger partial charge in [-0.1, -0.05) is 13.3 Å². The molecule has 6 nitrogen and oxygen atoms in total. The van der Waals surface area contributed by atoms with Gasteiger partial charge in [0.15, 0.2) is 0 Å². The Labute approximate surface area is 138 Å². The van der Waals surface area contributed by atoms with Crippen molar-refractivity contribution < 1.29 is 14.8 Å². The fourth-order valence-electron chi connectivity index (χ4n) is 4.46. The third-order valence-electron chi connectivity index (χ3n) is 6.04. The molecule has 2 fully saturated rings. The molecule has 2 aliphatic rings. The third-order valence-corrected chi connectivity index (χ3v) is 6.04. The maximum atomic E-state index is 12.0. The second-order valence-electron chi connectivity index (χ2n) is 7.33. The summed E-state index contributed by atoms with van der Waals surface area (Å²) in [5.41, 5.74) is -0.721. The summed E-state index contributed by atoms with van der Waals surface area (Å²) in [5.74, 6) is -0.557. The molecule has 6 heteroatoms. The summed E-state index contributed by atoms with van der Waals surface area (Å²) < 4.78 is 0. The average Bonchev–Trinajstić information content (AvgIpc) is 2.55. The van der Waals surface area contributed by atoms with Crippen molar-refractivity contribution in [3.63, 3.8) is 0 Å². The van der Waals surface area contributed by atoms with Gasteiger partial charge in [-0.15, -0.1) is 0 Å². The van der Waals surface area contributed by atoms with Crippen molar-refractivity contribution in [2.75, 3.05) is 6.54 Å². The zero-order valence-electron chi connectivity index (χ0n) is 14.1. The van der Waals surface area contributed by atoms with E-state index >= 15 is 0 Å². The summed E-state index contributed by atoms with van der Waals surface area (Å²) in [6.07, 6.45) is 8.03. The van der Waals surface area contributed by atoms with Crippen LogP contribution < -0.4 is 5.32 Å². The second-order valence-corrected chi connectivity index (χ2v) is 7.33. The lowest BCUT2D eigenvalue weighted by Gasteiger charge is -2.43. The van der Waals surface area contributed by atoms with Crippen molar-refractivity contribution in [3.05, 3.63) is 10.1 Å². The van der Waals surface area contributed by atoms with Crippen LogP contribution >= 0.6 is 0 Å². The molecule has 0 amide bonds. The number of nitro groups is 1. The molecule has 0 aromatic heterocycles. The molecule has 0 unspecified atom stereocenters. The Morgan fingerprint density at radius 1 is 1.22 bits per heavy atom. The molecule has 0 aromatic rings. The summed E-state index contributed by atoms with van der Waals surface area (Å²) >= 11 is 0. The smallest absolute Gasteiger partial charge is 0.309 e. The molecule has 0 bridgehead atoms. The Kier molecular flexibility index (Phi) is 6.39. The zero-order chi connectivity index (χ0) is 16.9. The molecule has 132 valence electrons. The van der Waals surface area contributed by atoms with Crippen LogP contribution in [0.2, 0.25) is 0 Å². The number of hydrogen-bond donors (Lipinski definition) is 2. The first-order valence-electron chi connectivity index (χ1n) is 9.10. The Hall–Kier alpha value is -1.17. The van der Waals surface area contributed by atoms with Crippen LogP contribution in [0.3, 0.4) is 0 Å². The largest absolute Gasteiger partial charge is 0.481 e. The van der Waals surface area contributed by atoms with E-state index in [1.807, 2.05) is 0 Å². The van der Waals surface area contributed by atoms with E-state index in [2.05, 4.69) is 12.2 Å². The van der Waals surface area contributed by atoms with E-state index < -0.39 is 17.4 Å². The molecule has 0 radical (unpaired) electrons. The van der Waals surface area contributed by atoms with Crippen molar-refractivity contribution in [2.24, 2.45) is 11.3 Å². The summed E-state index contributed by atoms with van der Waals surface area (Å²) in [5, 5.41) is 24.3. The van der Waals surface area contributed by atoms with Crippen LogP contribution in [0.4, 0.5) is 0 Å². The number of carboxylic acids is 1. The molecular weight excluding hydrogens is 296 g/mol. The SMILES string of the molecule is CCCCNC1CCC(C2(C(=O)O)CCC([N+](=O)[O-])CC2)CC1. The van der Waals surface area contributed by atoms with Gasteiger partial charge in [-0.2, -0.15) is 0 Å². The van der Waals surface area contributed by atoms with Crippen LogP contribution in [0.25, 0.3) is 0 Å². The molecule has 2 rings (SSSR count). The number of carbonyl (C=O) groups is 1. The minimum Gasteiger partial charge on any atom is -0.481 e. The monoisotopic (exact) mass is 326 g/mol. The Morgan fingerprint density at radius 2 is 1.83 bits per heavy atom. The van der Waals surface area contributed by atoms with Gasteiger partial charge < -0.3 is 10.4 Å². The van der Waals surface area contributed by atoms with Gasteiger partial charge in [-0.3, -0.25) is 14.9 Å². The highest BCUT2D eigenvalue weighted by molar-refractivity contribution is 5.75. The Bertz CT molecular complexity index is 411. The van der Waals surface area contributed by atoms with Crippen molar-refractivity contribution in [2.45, 2.75) is 83.2 Å². The van der Waals surface area contributed by atoms with Crippen molar-refractivity contribution in [3.8, 4) is 0 Å². The number of aliphatic carboxylic acids is 1. The normalized spacial score (nSPS) is 34.9. The number of nitrogens with zero attached hydrogens (tertiary/aromatic N) is 1. The number of hydrogen-bond acceptors (Lipinski definition) is 4. The fourth-order valence-corrected chi connectivity index (χ4v) is 4.46. The van der Waals surface area contributed by atoms with Crippen LogP contribution in [0, 0.1) is 21.4 Å². The number of nitrogens with one attached hydrogen (secondary N) is 1. The number of carboxylic acid groups (broad SMARTS) is 1. The maximum Gasteiger partial charge on any atom is 0.309 e. The lowest BCUT2D eigenvalue weighted by molar-refractivity contribution is -0.527. The zero-order valence-corrected chi connectivity index (χ0v) is 14.1. The van der Waals surface area contributed by atoms with E-state index in [1.165, 1.54) is 12.8 Å². The first-order valence-corrected chi connectivity index (χ1v) is 9.10. The highest BCUT2D eigenvalue weighted by atomic mass is 16.6. The number of unbranched alkanes of at least 4 members (excludes halogenated alkanes) is 1. The average molecular weight is 326 g/mol. The molecule has 2 aliphatic carbocycles. The van der Waals surface area contributed by atoms with Crippen LogP contribution in [0.5, 0.6) is 0 Å². The molecule has 0 saturated heterocycles. The van der Waals surface area contributed by atoms with Gasteiger partial charge in [0.1, 0.15) is 0 Å². The van der Waals surface area contributed by atoms with Gasteiger partial charge in [0.05, 0.1) is 5.41 Å². The van der Waals surface area contributed by atoms with Crippen molar-refractivity contribution >= 4 is 5.97 Å². The van der Waals surface area contributed by atoms with Gasteiger partial charge >= 0.3 is 5.97 Å². The Morgan fingerprint density at radius 3 is 2.30 bits per heavy atom. The van der Waals surface area contributed by atoms with Gasteiger partial charge in [0.25, 0.3) is 0 Å². The second kappa shape index (κ2) is 8.08. The molecule has 0 aliphatic heterocycles. The van der Waals surface area contributed by atoms with Crippen LogP contribution in [0.1, 0.15) is 71.1 Å². The molecule has 0 heterocycles. The van der Waals surface area contributed by atoms with E-state index in [4.69, 9.17) is 0 Å². The van der Waals surface area contributed by atoms with E-state index in [0.717, 1.165) is 32.2 Å². The molecule has 0 spiro atoms. The molecule has 2 saturated carbocycles. The van der Waals surface area contributed by atoms with Gasteiger partial charge in [0, 0.05) is 23.8 Å². The molecule has 0 atom stereocenters. The van der Waals surface area contributed by atoms with Crippen molar-refractivity contribution in [1.82, 2.24) is 5.32 Å². The lowest BCUT2D eigenvalue weighted by Crippen LogP contribution is -2.47. The van der Waals surface area contributed by atoms with Crippen LogP contribution in [-0.4, -0.2) is 34.6 Å². The van der Waals surface area contributed by atoms with Crippen molar-refractivity contribution in [1.29, 1.82) is 0 Å². The number of rotatable bonds is 7. The lowest BCUT2D eigenvalue weighted by atomic mass is 9.60. The Balaban J connectivity index is 1.91. The van der Waals surface area contributed by atoms with E-state index in [9.17, 15) is 20.0 Å². The quantitative estimate of drug-likeness (QED) is 0.426. The van der Waals surface area contributed by atoms with E-state index in [0.29, 0.717) is 31.7 Å². The summed E-state index contributed by atoms with van der Waals surface area (Å²) in [6.45, 7) is 3.22. The third kappa shape index (κ3) is 4.22. The van der Waals surface area contributed by atoms with Gasteiger partial charge in [-0.25, -0.2) is 0 Å². The summed E-state index contributed by atoms with van der Waals surface area (Å²) in [4.78, 5) is 22.7. The minimum atomic E-state index is -0.735. The first-order chi connectivity index (χ1) is 11.0. The highest BCUT2D eigenvalue weighted by Gasteiger charge is 2.50. The topological polar surface area (TPSA) is 92.5 Å². The fraction of sp³-hybridized carbons (Fsp3) is 0.941. The first kappa shape index (κ1) is 18.2. The van der Waals surface area contributed by atoms with Gasteiger partial charge in [-0.05, 0) is 57.4 Å². The standard InChI is InChI=1S/C17H30N2O4/c1-2-3-12-18-14-6-4-13(5-7-14)17(16(20)21)10-8-15(9-11-17)19(22)23/h13-15,18H,2-12H2,1H3,(H,20,21). The van der Waals surface area contributed by atoms with E-state index in [1.54, 1.807) is 0 Å². The van der Waals surface area contributed by atoms with Crippen LogP contribution in [-0.2, 0) is 4.79 Å².